The van der Waals surface area contributed by atoms with Gasteiger partial charge in [0.1, 0.15) is 5.82 Å². The Hall–Kier alpha value is -3.67. The molecule has 0 fully saturated rings. The van der Waals surface area contributed by atoms with Gasteiger partial charge in [0.05, 0.1) is 5.69 Å². The average molecular weight is 469 g/mol. The summed E-state index contributed by atoms with van der Waals surface area (Å²) in [5, 5.41) is 1.31. The normalized spacial score (nSPS) is 11.1. The molecule has 0 aliphatic heterocycles. The van der Waals surface area contributed by atoms with E-state index in [-0.39, 0.29) is 5.82 Å². The van der Waals surface area contributed by atoms with E-state index in [0.717, 1.165) is 40.5 Å². The van der Waals surface area contributed by atoms with Gasteiger partial charge < -0.3 is 5.73 Å². The topological polar surface area (TPSA) is 64.7 Å². The number of hydrogen-bond acceptors (Lipinski definition) is 4. The SMILES string of the molecule is NCCCc1cccc(-c2cncc(-c3cc(-c4cc(Cl)ccc4F)nc4ncccc34)c2)c1. The zero-order valence-corrected chi connectivity index (χ0v) is 19.1. The van der Waals surface area contributed by atoms with E-state index in [2.05, 4.69) is 45.3 Å². The van der Waals surface area contributed by atoms with Crippen molar-refractivity contribution in [1.82, 2.24) is 15.0 Å². The Labute approximate surface area is 202 Å². The molecule has 0 amide bonds. The summed E-state index contributed by atoms with van der Waals surface area (Å²) >= 11 is 6.15. The number of nitrogens with two attached hydrogens (primary N) is 1. The summed E-state index contributed by atoms with van der Waals surface area (Å²) in [7, 11) is 0. The molecule has 0 aliphatic rings. The fourth-order valence-corrected chi connectivity index (χ4v) is 4.26. The third-order valence-corrected chi connectivity index (χ3v) is 6.00. The van der Waals surface area contributed by atoms with Crippen LogP contribution in [-0.4, -0.2) is 21.5 Å². The van der Waals surface area contributed by atoms with Gasteiger partial charge in [0, 0.05) is 45.7 Å². The van der Waals surface area contributed by atoms with Gasteiger partial charge in [0.25, 0.3) is 0 Å². The van der Waals surface area contributed by atoms with Crippen LogP contribution in [0.5, 0.6) is 0 Å². The third-order valence-electron chi connectivity index (χ3n) is 5.77. The van der Waals surface area contributed by atoms with Gasteiger partial charge in [-0.25, -0.2) is 14.4 Å². The summed E-state index contributed by atoms with van der Waals surface area (Å²) < 4.78 is 14.7. The van der Waals surface area contributed by atoms with Crippen molar-refractivity contribution in [2.75, 3.05) is 6.54 Å². The number of hydrogen-bond donors (Lipinski definition) is 1. The average Bonchev–Trinajstić information content (AvgIpc) is 2.88. The molecule has 0 radical (unpaired) electrons. The summed E-state index contributed by atoms with van der Waals surface area (Å²) in [6.07, 6.45) is 7.22. The molecule has 168 valence electrons. The summed E-state index contributed by atoms with van der Waals surface area (Å²) in [5.74, 6) is -0.390. The van der Waals surface area contributed by atoms with Crippen LogP contribution in [0, 0.1) is 5.82 Å². The van der Waals surface area contributed by atoms with Crippen molar-refractivity contribution in [2.45, 2.75) is 12.8 Å². The van der Waals surface area contributed by atoms with E-state index in [0.29, 0.717) is 28.5 Å². The summed E-state index contributed by atoms with van der Waals surface area (Å²) in [5.41, 5.74) is 12.1. The number of rotatable bonds is 6. The lowest BCUT2D eigenvalue weighted by Gasteiger charge is -2.12. The minimum atomic E-state index is -0.390. The number of pyridine rings is 3. The molecule has 4 nitrogen and oxygen atoms in total. The first-order valence-corrected chi connectivity index (χ1v) is 11.5. The largest absolute Gasteiger partial charge is 0.330 e. The van der Waals surface area contributed by atoms with Gasteiger partial charge in [-0.3, -0.25) is 4.98 Å². The van der Waals surface area contributed by atoms with Crippen molar-refractivity contribution in [2.24, 2.45) is 5.73 Å². The molecule has 3 heterocycles. The van der Waals surface area contributed by atoms with Gasteiger partial charge in [-0.15, -0.1) is 0 Å². The fraction of sp³-hybridized carbons (Fsp3) is 0.107. The van der Waals surface area contributed by atoms with E-state index in [4.69, 9.17) is 17.3 Å². The van der Waals surface area contributed by atoms with Crippen molar-refractivity contribution in [3.8, 4) is 33.5 Å². The van der Waals surface area contributed by atoms with Crippen LogP contribution in [0.15, 0.2) is 85.3 Å². The Kier molecular flexibility index (Phi) is 6.30. The lowest BCUT2D eigenvalue weighted by Crippen LogP contribution is -2.00. The second-order valence-electron chi connectivity index (χ2n) is 8.11. The van der Waals surface area contributed by atoms with Crippen LogP contribution in [0.25, 0.3) is 44.5 Å². The molecule has 34 heavy (non-hydrogen) atoms. The molecule has 0 bridgehead atoms. The Bertz CT molecular complexity index is 1490. The van der Waals surface area contributed by atoms with E-state index < -0.39 is 0 Å². The van der Waals surface area contributed by atoms with E-state index in [9.17, 15) is 4.39 Å². The molecular formula is C28H22ClFN4. The van der Waals surface area contributed by atoms with Crippen LogP contribution in [0.3, 0.4) is 0 Å². The highest BCUT2D eigenvalue weighted by Crippen LogP contribution is 2.34. The molecule has 0 unspecified atom stereocenters. The highest BCUT2D eigenvalue weighted by molar-refractivity contribution is 6.30. The van der Waals surface area contributed by atoms with Crippen molar-refractivity contribution in [1.29, 1.82) is 0 Å². The van der Waals surface area contributed by atoms with Crippen LogP contribution in [-0.2, 0) is 6.42 Å². The minimum absolute atomic E-state index is 0.332. The van der Waals surface area contributed by atoms with Gasteiger partial charge in [-0.05, 0) is 78.5 Å². The number of benzene rings is 2. The molecule has 2 aromatic carbocycles. The fourth-order valence-electron chi connectivity index (χ4n) is 4.09. The van der Waals surface area contributed by atoms with E-state index in [1.165, 1.54) is 17.7 Å². The summed E-state index contributed by atoms with van der Waals surface area (Å²) in [6.45, 7) is 0.667. The monoisotopic (exact) mass is 468 g/mol. The lowest BCUT2D eigenvalue weighted by molar-refractivity contribution is 0.631. The molecule has 0 spiro atoms. The maximum atomic E-state index is 14.7. The van der Waals surface area contributed by atoms with Crippen LogP contribution < -0.4 is 5.73 Å². The quantitative estimate of drug-likeness (QED) is 0.301. The Balaban J connectivity index is 1.65. The lowest BCUT2D eigenvalue weighted by atomic mass is 9.97. The van der Waals surface area contributed by atoms with Gasteiger partial charge in [0.15, 0.2) is 5.65 Å². The molecule has 6 heteroatoms. The Morgan fingerprint density at radius 2 is 1.74 bits per heavy atom. The minimum Gasteiger partial charge on any atom is -0.330 e. The molecule has 2 N–H and O–H groups in total. The molecule has 0 saturated heterocycles. The van der Waals surface area contributed by atoms with Crippen molar-refractivity contribution >= 4 is 22.6 Å². The highest BCUT2D eigenvalue weighted by Gasteiger charge is 2.14. The van der Waals surface area contributed by atoms with Crippen molar-refractivity contribution in [3.05, 3.63) is 102 Å². The van der Waals surface area contributed by atoms with E-state index in [1.54, 1.807) is 12.3 Å². The van der Waals surface area contributed by atoms with Crippen molar-refractivity contribution in [3.63, 3.8) is 0 Å². The van der Waals surface area contributed by atoms with Gasteiger partial charge in [0.2, 0.25) is 0 Å². The molecule has 0 atom stereocenters. The van der Waals surface area contributed by atoms with Crippen LogP contribution in [0.4, 0.5) is 4.39 Å². The molecule has 5 rings (SSSR count). The maximum absolute atomic E-state index is 14.7. The van der Waals surface area contributed by atoms with Crippen LogP contribution >= 0.6 is 11.6 Å². The first-order chi connectivity index (χ1) is 16.6. The van der Waals surface area contributed by atoms with Crippen LogP contribution in [0.1, 0.15) is 12.0 Å². The van der Waals surface area contributed by atoms with E-state index >= 15 is 0 Å². The molecular weight excluding hydrogens is 447 g/mol. The third kappa shape index (κ3) is 4.53. The standard InChI is InChI=1S/C28H22ClFN4/c29-22-8-9-26(30)25(14-22)27-15-24(23-7-3-11-33-28(23)34-27)21-13-20(16-32-17-21)19-6-1-4-18(12-19)5-2-10-31/h1,3-4,6-9,11-17H,2,5,10,31H2. The summed E-state index contributed by atoms with van der Waals surface area (Å²) in [6, 6.07) is 20.7. The first-order valence-electron chi connectivity index (χ1n) is 11.1. The maximum Gasteiger partial charge on any atom is 0.160 e. The molecule has 0 saturated carbocycles. The summed E-state index contributed by atoms with van der Waals surface area (Å²) in [4.78, 5) is 13.6. The first kappa shape index (κ1) is 22.1. The smallest absolute Gasteiger partial charge is 0.160 e. The molecule has 5 aromatic rings. The molecule has 0 aliphatic carbocycles. The Morgan fingerprint density at radius 1 is 0.853 bits per heavy atom. The number of halogens is 2. The number of aryl methyl sites for hydroxylation is 1. The van der Waals surface area contributed by atoms with Crippen LogP contribution in [0.2, 0.25) is 5.02 Å². The zero-order chi connectivity index (χ0) is 23.5. The highest BCUT2D eigenvalue weighted by atomic mass is 35.5. The van der Waals surface area contributed by atoms with Gasteiger partial charge in [-0.2, -0.15) is 0 Å². The number of nitrogens with zero attached hydrogens (tertiary/aromatic N) is 3. The predicted molar refractivity (Wildman–Crippen MR) is 136 cm³/mol. The predicted octanol–water partition coefficient (Wildman–Crippen LogP) is 6.71. The number of aromatic nitrogens is 3. The van der Waals surface area contributed by atoms with Gasteiger partial charge in [-0.1, -0.05) is 35.9 Å². The van der Waals surface area contributed by atoms with Gasteiger partial charge >= 0.3 is 0 Å². The number of fused-ring (bicyclic) bond motifs is 1. The second kappa shape index (κ2) is 9.67. The zero-order valence-electron chi connectivity index (χ0n) is 18.4. The Morgan fingerprint density at radius 3 is 2.62 bits per heavy atom. The molecule has 3 aromatic heterocycles. The van der Waals surface area contributed by atoms with Crippen molar-refractivity contribution < 1.29 is 4.39 Å². The second-order valence-corrected chi connectivity index (χ2v) is 8.55. The van der Waals surface area contributed by atoms with E-state index in [1.807, 2.05) is 30.6 Å².